The van der Waals surface area contributed by atoms with E-state index in [0.717, 1.165) is 28.6 Å². The summed E-state index contributed by atoms with van der Waals surface area (Å²) < 4.78 is 25.3. The third-order valence-corrected chi connectivity index (χ3v) is 6.79. The number of amides is 1. The molecule has 39 heavy (non-hydrogen) atoms. The van der Waals surface area contributed by atoms with Crippen molar-refractivity contribution in [3.05, 3.63) is 89.0 Å². The van der Waals surface area contributed by atoms with Crippen LogP contribution in [0, 0.1) is 0 Å². The van der Waals surface area contributed by atoms with Crippen LogP contribution in [0.2, 0.25) is 0 Å². The number of carbonyl (C=O) groups is 1. The number of benzene rings is 3. The zero-order chi connectivity index (χ0) is 28.6. The first-order valence-corrected chi connectivity index (χ1v) is 14.6. The number of aliphatic hydroxyl groups is 1. The summed E-state index contributed by atoms with van der Waals surface area (Å²) in [4.78, 5) is 14.5. The fourth-order valence-corrected chi connectivity index (χ4v) is 4.69. The second-order valence-electron chi connectivity index (χ2n) is 10.0. The van der Waals surface area contributed by atoms with Gasteiger partial charge in [0, 0.05) is 38.9 Å². The third kappa shape index (κ3) is 9.90. The van der Waals surface area contributed by atoms with Gasteiger partial charge in [0.25, 0.3) is 0 Å². The number of hydrogen-bond acceptors (Lipinski definition) is 7. The number of rotatable bonds is 13. The Hall–Kier alpha value is -3.60. The molecule has 0 heterocycles. The highest BCUT2D eigenvalue weighted by atomic mass is 32.2. The minimum Gasteiger partial charge on any atom is -0.506 e. The number of hydrogen-bond donors (Lipinski definition) is 5. The van der Waals surface area contributed by atoms with Crippen LogP contribution in [-0.2, 0) is 34.2 Å². The molecule has 0 radical (unpaired) electrons. The Kier molecular flexibility index (Phi) is 10.3. The summed E-state index contributed by atoms with van der Waals surface area (Å²) in [5.41, 5.74) is 4.63. The molecule has 0 fully saturated rings. The van der Waals surface area contributed by atoms with Crippen LogP contribution in [0.4, 0.5) is 11.4 Å². The summed E-state index contributed by atoms with van der Waals surface area (Å²) in [6, 6.07) is 20.3. The SMILES string of the molecule is C[C@H](Cc1cccc(CC(=O)NCc2ccc(N(C)C)cc2)c1)NC[C@@H](O)c1ccc(O)c(NS(C)(=O)=O)c1. The lowest BCUT2D eigenvalue weighted by Gasteiger charge is -2.19. The number of nitrogens with one attached hydrogen (secondary N) is 3. The Morgan fingerprint density at radius 3 is 2.33 bits per heavy atom. The van der Waals surface area contributed by atoms with Crippen molar-refractivity contribution in [2.45, 2.75) is 38.5 Å². The van der Waals surface area contributed by atoms with Crippen LogP contribution in [0.1, 0.15) is 35.3 Å². The predicted octanol–water partition coefficient (Wildman–Crippen LogP) is 2.94. The van der Waals surface area contributed by atoms with E-state index in [1.165, 1.54) is 12.1 Å². The maximum atomic E-state index is 12.5. The number of sulfonamides is 1. The summed E-state index contributed by atoms with van der Waals surface area (Å²) in [6.45, 7) is 2.71. The zero-order valence-corrected chi connectivity index (χ0v) is 23.6. The standard InChI is InChI=1S/C29H38N4O5S/c1-20(30-19-28(35)24-10-13-27(34)26(17-24)32-39(4,37)38)14-22-6-5-7-23(15-22)16-29(36)31-18-21-8-11-25(12-9-21)33(2)3/h5-13,15,17,20,28,30,32,34-35H,14,16,18-19H2,1-4H3,(H,31,36)/t20-,28-/m1/s1. The summed E-state index contributed by atoms with van der Waals surface area (Å²) in [5, 5.41) is 26.8. The Morgan fingerprint density at radius 1 is 0.974 bits per heavy atom. The molecule has 0 saturated heterocycles. The molecule has 3 aromatic carbocycles. The fraction of sp³-hybridized carbons (Fsp3) is 0.345. The van der Waals surface area contributed by atoms with Crippen LogP contribution in [0.5, 0.6) is 5.75 Å². The van der Waals surface area contributed by atoms with Crippen LogP contribution in [-0.4, -0.2) is 57.5 Å². The van der Waals surface area contributed by atoms with Crippen LogP contribution in [0.15, 0.2) is 66.7 Å². The van der Waals surface area contributed by atoms with E-state index in [0.29, 0.717) is 18.5 Å². The third-order valence-electron chi connectivity index (χ3n) is 6.20. The van der Waals surface area contributed by atoms with E-state index in [1.54, 1.807) is 6.07 Å². The number of carbonyl (C=O) groups excluding carboxylic acids is 1. The summed E-state index contributed by atoms with van der Waals surface area (Å²) >= 11 is 0. The van der Waals surface area contributed by atoms with Gasteiger partial charge in [0.05, 0.1) is 24.5 Å². The number of aliphatic hydroxyl groups excluding tert-OH is 1. The van der Waals surface area contributed by atoms with Gasteiger partial charge in [0.15, 0.2) is 0 Å². The van der Waals surface area contributed by atoms with Crippen molar-refractivity contribution >= 4 is 27.3 Å². The number of phenolic OH excluding ortho intramolecular Hbond substituents is 1. The normalized spacial score (nSPS) is 12.9. The van der Waals surface area contributed by atoms with E-state index in [2.05, 4.69) is 15.4 Å². The Balaban J connectivity index is 1.48. The van der Waals surface area contributed by atoms with Gasteiger partial charge < -0.3 is 25.7 Å². The van der Waals surface area contributed by atoms with Gasteiger partial charge in [-0.25, -0.2) is 8.42 Å². The van der Waals surface area contributed by atoms with Crippen molar-refractivity contribution in [2.24, 2.45) is 0 Å². The van der Waals surface area contributed by atoms with Gasteiger partial charge in [-0.15, -0.1) is 0 Å². The van der Waals surface area contributed by atoms with Gasteiger partial charge in [-0.05, 0) is 59.9 Å². The van der Waals surface area contributed by atoms with Gasteiger partial charge >= 0.3 is 0 Å². The molecule has 0 aromatic heterocycles. The molecule has 0 aliphatic carbocycles. The van der Waals surface area contributed by atoms with E-state index < -0.39 is 16.1 Å². The van der Waals surface area contributed by atoms with E-state index in [1.807, 2.05) is 74.4 Å². The second kappa shape index (κ2) is 13.5. The Morgan fingerprint density at radius 2 is 1.67 bits per heavy atom. The topological polar surface area (TPSA) is 131 Å². The van der Waals surface area contributed by atoms with Crippen molar-refractivity contribution < 1.29 is 23.4 Å². The fourth-order valence-electron chi connectivity index (χ4n) is 4.13. The van der Waals surface area contributed by atoms with Gasteiger partial charge in [0.1, 0.15) is 5.75 Å². The highest BCUT2D eigenvalue weighted by molar-refractivity contribution is 7.92. The minimum absolute atomic E-state index is 0.0187. The van der Waals surface area contributed by atoms with Crippen LogP contribution >= 0.6 is 0 Å². The van der Waals surface area contributed by atoms with Gasteiger partial charge in [-0.1, -0.05) is 42.5 Å². The van der Waals surface area contributed by atoms with E-state index >= 15 is 0 Å². The molecule has 3 aromatic rings. The number of anilines is 2. The highest BCUT2D eigenvalue weighted by Crippen LogP contribution is 2.27. The Bertz CT molecular complexity index is 1360. The van der Waals surface area contributed by atoms with Crippen molar-refractivity contribution in [3.63, 3.8) is 0 Å². The second-order valence-corrected chi connectivity index (χ2v) is 11.8. The number of phenols is 1. The van der Waals surface area contributed by atoms with E-state index in [9.17, 15) is 23.4 Å². The molecule has 5 N–H and O–H groups in total. The smallest absolute Gasteiger partial charge is 0.229 e. The molecule has 10 heteroatoms. The lowest BCUT2D eigenvalue weighted by molar-refractivity contribution is -0.120. The summed E-state index contributed by atoms with van der Waals surface area (Å²) in [5.74, 6) is -0.262. The molecule has 0 spiro atoms. The molecule has 1 amide bonds. The van der Waals surface area contributed by atoms with Gasteiger partial charge in [-0.3, -0.25) is 9.52 Å². The van der Waals surface area contributed by atoms with Crippen molar-refractivity contribution in [2.75, 3.05) is 36.5 Å². The lowest BCUT2D eigenvalue weighted by Crippen LogP contribution is -2.32. The molecule has 0 saturated carbocycles. The quantitative estimate of drug-likeness (QED) is 0.205. The molecule has 9 nitrogen and oxygen atoms in total. The number of nitrogens with zero attached hydrogens (tertiary/aromatic N) is 1. The molecule has 0 aliphatic heterocycles. The highest BCUT2D eigenvalue weighted by Gasteiger charge is 2.14. The summed E-state index contributed by atoms with van der Waals surface area (Å²) in [6.07, 6.45) is 1.07. The first kappa shape index (κ1) is 29.9. The average molecular weight is 555 g/mol. The monoisotopic (exact) mass is 554 g/mol. The molecule has 0 bridgehead atoms. The van der Waals surface area contributed by atoms with Crippen molar-refractivity contribution in [1.82, 2.24) is 10.6 Å². The largest absolute Gasteiger partial charge is 0.506 e. The molecular formula is C29H38N4O5S. The molecule has 0 unspecified atom stereocenters. The first-order valence-electron chi connectivity index (χ1n) is 12.7. The predicted molar refractivity (Wildman–Crippen MR) is 155 cm³/mol. The van der Waals surface area contributed by atoms with Gasteiger partial charge in [0.2, 0.25) is 15.9 Å². The van der Waals surface area contributed by atoms with Crippen molar-refractivity contribution in [3.8, 4) is 5.75 Å². The maximum Gasteiger partial charge on any atom is 0.229 e. The van der Waals surface area contributed by atoms with Crippen molar-refractivity contribution in [1.29, 1.82) is 0 Å². The molecular weight excluding hydrogens is 516 g/mol. The average Bonchev–Trinajstić information content (AvgIpc) is 2.87. The summed E-state index contributed by atoms with van der Waals surface area (Å²) in [7, 11) is 0.407. The van der Waals surface area contributed by atoms with Crippen LogP contribution in [0.25, 0.3) is 0 Å². The molecule has 0 aliphatic rings. The minimum atomic E-state index is -3.57. The Labute approximate surface area is 230 Å². The molecule has 2 atom stereocenters. The first-order chi connectivity index (χ1) is 18.4. The molecule has 210 valence electrons. The van der Waals surface area contributed by atoms with Crippen LogP contribution < -0.4 is 20.3 Å². The van der Waals surface area contributed by atoms with Gasteiger partial charge in [-0.2, -0.15) is 0 Å². The molecule has 3 rings (SSSR count). The lowest BCUT2D eigenvalue weighted by atomic mass is 10.0. The van der Waals surface area contributed by atoms with Crippen LogP contribution in [0.3, 0.4) is 0 Å². The van der Waals surface area contributed by atoms with E-state index in [4.69, 9.17) is 0 Å². The number of aromatic hydroxyl groups is 1. The maximum absolute atomic E-state index is 12.5. The zero-order valence-electron chi connectivity index (χ0n) is 22.8. The van der Waals surface area contributed by atoms with E-state index in [-0.39, 0.29) is 36.4 Å².